The van der Waals surface area contributed by atoms with Crippen LogP contribution in [0.25, 0.3) is 0 Å². The molecule has 2 nitrogen and oxygen atoms in total. The van der Waals surface area contributed by atoms with Gasteiger partial charge >= 0.3 is 0 Å². The van der Waals surface area contributed by atoms with Gasteiger partial charge in [-0.15, -0.1) is 0 Å². The Kier molecular flexibility index (Phi) is 2.36. The predicted molar refractivity (Wildman–Crippen MR) is 52.6 cm³/mol. The second kappa shape index (κ2) is 3.67. The molecule has 0 spiro atoms. The number of hydrogen-bond donors (Lipinski definition) is 0. The fourth-order valence-corrected chi connectivity index (χ4v) is 1.77. The van der Waals surface area contributed by atoms with Crippen molar-refractivity contribution < 1.29 is 4.39 Å². The number of halogens is 1. The highest BCUT2D eigenvalue weighted by Crippen LogP contribution is 2.22. The summed E-state index contributed by atoms with van der Waals surface area (Å²) in [7, 11) is 0. The Labute approximate surface area is 82.6 Å². The molecule has 0 radical (unpaired) electrons. The van der Waals surface area contributed by atoms with Crippen LogP contribution in [0.4, 0.5) is 10.1 Å². The summed E-state index contributed by atoms with van der Waals surface area (Å²) in [6.45, 7) is 2.02. The molecule has 1 heterocycles. The summed E-state index contributed by atoms with van der Waals surface area (Å²) in [4.78, 5) is 2.18. The van der Waals surface area contributed by atoms with E-state index in [1.807, 2.05) is 6.07 Å². The third kappa shape index (κ3) is 1.56. The Morgan fingerprint density at radius 3 is 2.64 bits per heavy atom. The van der Waals surface area contributed by atoms with Gasteiger partial charge < -0.3 is 4.90 Å². The lowest BCUT2D eigenvalue weighted by atomic mass is 10.2. The fourth-order valence-electron chi connectivity index (χ4n) is 1.77. The molecule has 0 saturated carbocycles. The van der Waals surface area contributed by atoms with E-state index in [-0.39, 0.29) is 5.56 Å². The SMILES string of the molecule is N#Cc1cc(N2CCCC2)ccc1F. The molecule has 1 aliphatic rings. The summed E-state index contributed by atoms with van der Waals surface area (Å²) in [6, 6.07) is 6.59. The first kappa shape index (κ1) is 9.01. The van der Waals surface area contributed by atoms with Crippen LogP contribution in [0.3, 0.4) is 0 Å². The van der Waals surface area contributed by atoms with Crippen molar-refractivity contribution in [3.8, 4) is 6.07 Å². The van der Waals surface area contributed by atoms with Crippen LogP contribution in [0.5, 0.6) is 0 Å². The van der Waals surface area contributed by atoms with Gasteiger partial charge in [-0.1, -0.05) is 0 Å². The highest BCUT2D eigenvalue weighted by molar-refractivity contribution is 5.52. The van der Waals surface area contributed by atoms with Gasteiger partial charge in [0.05, 0.1) is 5.56 Å². The molecule has 1 aliphatic heterocycles. The summed E-state index contributed by atoms with van der Waals surface area (Å²) in [6.07, 6.45) is 2.36. The topological polar surface area (TPSA) is 27.0 Å². The molecule has 0 unspecified atom stereocenters. The molecule has 0 amide bonds. The van der Waals surface area contributed by atoms with E-state index in [1.54, 1.807) is 12.1 Å². The molecule has 1 aromatic carbocycles. The first-order valence-electron chi connectivity index (χ1n) is 4.76. The van der Waals surface area contributed by atoms with Gasteiger partial charge in [0.1, 0.15) is 11.9 Å². The van der Waals surface area contributed by atoms with Crippen molar-refractivity contribution in [3.05, 3.63) is 29.6 Å². The van der Waals surface area contributed by atoms with E-state index in [1.165, 1.54) is 18.9 Å². The highest BCUT2D eigenvalue weighted by Gasteiger charge is 2.13. The van der Waals surface area contributed by atoms with Crippen LogP contribution in [0.1, 0.15) is 18.4 Å². The molecular formula is C11H11FN2. The van der Waals surface area contributed by atoms with E-state index >= 15 is 0 Å². The Morgan fingerprint density at radius 1 is 1.29 bits per heavy atom. The zero-order valence-electron chi connectivity index (χ0n) is 7.83. The lowest BCUT2D eigenvalue weighted by Crippen LogP contribution is -2.17. The lowest BCUT2D eigenvalue weighted by Gasteiger charge is -2.17. The molecule has 1 saturated heterocycles. The predicted octanol–water partition coefficient (Wildman–Crippen LogP) is 2.30. The van der Waals surface area contributed by atoms with Crippen molar-refractivity contribution in [2.75, 3.05) is 18.0 Å². The third-order valence-electron chi connectivity index (χ3n) is 2.54. The van der Waals surface area contributed by atoms with Crippen LogP contribution in [0, 0.1) is 17.1 Å². The van der Waals surface area contributed by atoms with Crippen LogP contribution in [0.15, 0.2) is 18.2 Å². The molecule has 0 N–H and O–H groups in total. The number of nitrogens with zero attached hydrogens (tertiary/aromatic N) is 2. The summed E-state index contributed by atoms with van der Waals surface area (Å²) < 4.78 is 13.0. The standard InChI is InChI=1S/C11H11FN2/c12-11-4-3-10(7-9(11)8-13)14-5-1-2-6-14/h3-4,7H,1-2,5-6H2. The van der Waals surface area contributed by atoms with E-state index in [4.69, 9.17) is 5.26 Å². The van der Waals surface area contributed by atoms with E-state index in [0.29, 0.717) is 0 Å². The number of rotatable bonds is 1. The van der Waals surface area contributed by atoms with Gasteiger partial charge in [-0.25, -0.2) is 4.39 Å². The minimum Gasteiger partial charge on any atom is -0.371 e. The second-order valence-corrected chi connectivity index (χ2v) is 3.47. The molecule has 1 fully saturated rings. The third-order valence-corrected chi connectivity index (χ3v) is 2.54. The van der Waals surface area contributed by atoms with E-state index in [0.717, 1.165) is 18.8 Å². The minimum atomic E-state index is -0.435. The van der Waals surface area contributed by atoms with Crippen molar-refractivity contribution in [2.45, 2.75) is 12.8 Å². The first-order valence-corrected chi connectivity index (χ1v) is 4.76. The minimum absolute atomic E-state index is 0.134. The number of anilines is 1. The molecule has 0 aliphatic carbocycles. The van der Waals surface area contributed by atoms with Crippen LogP contribution >= 0.6 is 0 Å². The Morgan fingerprint density at radius 2 is 2.00 bits per heavy atom. The van der Waals surface area contributed by atoms with Crippen LogP contribution in [-0.4, -0.2) is 13.1 Å². The summed E-state index contributed by atoms with van der Waals surface area (Å²) in [5.74, 6) is -0.435. The van der Waals surface area contributed by atoms with Crippen LogP contribution in [-0.2, 0) is 0 Å². The molecule has 72 valence electrons. The van der Waals surface area contributed by atoms with Gasteiger partial charge in [0.2, 0.25) is 0 Å². The average Bonchev–Trinajstić information content (AvgIpc) is 2.71. The van der Waals surface area contributed by atoms with Gasteiger partial charge in [0.15, 0.2) is 0 Å². The van der Waals surface area contributed by atoms with E-state index < -0.39 is 5.82 Å². The molecular weight excluding hydrogens is 179 g/mol. The van der Waals surface area contributed by atoms with Crippen molar-refractivity contribution in [3.63, 3.8) is 0 Å². The monoisotopic (exact) mass is 190 g/mol. The molecule has 0 atom stereocenters. The molecule has 0 aromatic heterocycles. The number of nitriles is 1. The molecule has 1 aromatic rings. The fraction of sp³-hybridized carbons (Fsp3) is 0.364. The van der Waals surface area contributed by atoms with Crippen molar-refractivity contribution in [2.24, 2.45) is 0 Å². The first-order chi connectivity index (χ1) is 6.81. The lowest BCUT2D eigenvalue weighted by molar-refractivity contribution is 0.623. The summed E-state index contributed by atoms with van der Waals surface area (Å²) >= 11 is 0. The summed E-state index contributed by atoms with van der Waals surface area (Å²) in [5, 5.41) is 8.68. The van der Waals surface area contributed by atoms with Gasteiger partial charge in [0, 0.05) is 18.8 Å². The van der Waals surface area contributed by atoms with E-state index in [2.05, 4.69) is 4.90 Å². The second-order valence-electron chi connectivity index (χ2n) is 3.47. The van der Waals surface area contributed by atoms with Crippen LogP contribution < -0.4 is 4.90 Å². The van der Waals surface area contributed by atoms with Crippen molar-refractivity contribution >= 4 is 5.69 Å². The Bertz CT molecular complexity index is 375. The number of hydrogen-bond acceptors (Lipinski definition) is 2. The van der Waals surface area contributed by atoms with Crippen molar-refractivity contribution in [1.29, 1.82) is 5.26 Å². The van der Waals surface area contributed by atoms with Crippen molar-refractivity contribution in [1.82, 2.24) is 0 Å². The normalized spacial score (nSPS) is 15.6. The maximum atomic E-state index is 13.0. The smallest absolute Gasteiger partial charge is 0.141 e. The maximum absolute atomic E-state index is 13.0. The van der Waals surface area contributed by atoms with Gasteiger partial charge in [-0.3, -0.25) is 0 Å². The molecule has 3 heteroatoms. The maximum Gasteiger partial charge on any atom is 0.141 e. The zero-order valence-corrected chi connectivity index (χ0v) is 7.83. The van der Waals surface area contributed by atoms with Gasteiger partial charge in [-0.2, -0.15) is 5.26 Å². The average molecular weight is 190 g/mol. The largest absolute Gasteiger partial charge is 0.371 e. The molecule has 2 rings (SSSR count). The molecule has 0 bridgehead atoms. The molecule has 14 heavy (non-hydrogen) atoms. The zero-order chi connectivity index (χ0) is 9.97. The Hall–Kier alpha value is -1.56. The van der Waals surface area contributed by atoms with Gasteiger partial charge in [-0.05, 0) is 31.0 Å². The van der Waals surface area contributed by atoms with Gasteiger partial charge in [0.25, 0.3) is 0 Å². The summed E-state index contributed by atoms with van der Waals surface area (Å²) in [5.41, 5.74) is 1.09. The van der Waals surface area contributed by atoms with E-state index in [9.17, 15) is 4.39 Å². The quantitative estimate of drug-likeness (QED) is 0.679. The highest BCUT2D eigenvalue weighted by atomic mass is 19.1. The van der Waals surface area contributed by atoms with Crippen LogP contribution in [0.2, 0.25) is 0 Å². The Balaban J connectivity index is 2.31. The number of benzene rings is 1.